The Morgan fingerprint density at radius 3 is 2.50 bits per heavy atom. The molecule has 11 nitrogen and oxygen atoms in total. The number of aliphatic hydroxyl groups excluding tert-OH is 1. The highest BCUT2D eigenvalue weighted by molar-refractivity contribution is 6.36. The van der Waals surface area contributed by atoms with Gasteiger partial charge < -0.3 is 25.4 Å². The van der Waals surface area contributed by atoms with Crippen molar-refractivity contribution in [2.24, 2.45) is 18.9 Å². The number of aliphatic carboxylic acids is 1. The number of halogens is 1. The van der Waals surface area contributed by atoms with Crippen LogP contribution in [-0.2, 0) is 31.4 Å². The van der Waals surface area contributed by atoms with Crippen LogP contribution < -0.4 is 10.6 Å². The lowest BCUT2D eigenvalue weighted by atomic mass is 9.80. The first kappa shape index (κ1) is 38.1. The van der Waals surface area contributed by atoms with Gasteiger partial charge in [-0.25, -0.2) is 9.97 Å². The summed E-state index contributed by atoms with van der Waals surface area (Å²) < 4.78 is 1.93. The first-order valence-electron chi connectivity index (χ1n) is 19.9. The maximum atomic E-state index is 13.8. The number of carboxylic acid groups (broad SMARTS) is 1. The van der Waals surface area contributed by atoms with Gasteiger partial charge in [0.15, 0.2) is 5.82 Å². The van der Waals surface area contributed by atoms with Gasteiger partial charge >= 0.3 is 5.97 Å². The minimum absolute atomic E-state index is 0.184. The van der Waals surface area contributed by atoms with Gasteiger partial charge in [0.25, 0.3) is 5.91 Å². The van der Waals surface area contributed by atoms with E-state index in [-0.39, 0.29) is 17.9 Å². The highest BCUT2D eigenvalue weighted by Gasteiger charge is 2.29. The van der Waals surface area contributed by atoms with Crippen LogP contribution in [0.15, 0.2) is 66.9 Å². The van der Waals surface area contributed by atoms with Crippen molar-refractivity contribution in [3.8, 4) is 11.1 Å². The molecule has 8 rings (SSSR count). The van der Waals surface area contributed by atoms with Crippen molar-refractivity contribution in [3.63, 3.8) is 0 Å². The van der Waals surface area contributed by atoms with Crippen molar-refractivity contribution < 1.29 is 19.8 Å². The molecule has 2 aliphatic heterocycles. The predicted molar refractivity (Wildman–Crippen MR) is 220 cm³/mol. The summed E-state index contributed by atoms with van der Waals surface area (Å²) in [6, 6.07) is 20.1. The number of nitrogens with one attached hydrogen (secondary N) is 2. The molecule has 1 aliphatic carbocycles. The Kier molecular flexibility index (Phi) is 11.1. The highest BCUT2D eigenvalue weighted by Crippen LogP contribution is 2.39. The van der Waals surface area contributed by atoms with Crippen LogP contribution in [0.5, 0.6) is 0 Å². The van der Waals surface area contributed by atoms with Crippen LogP contribution in [0.1, 0.15) is 71.7 Å². The quantitative estimate of drug-likeness (QED) is 0.106. The average molecular weight is 776 g/mol. The summed E-state index contributed by atoms with van der Waals surface area (Å²) in [6.45, 7) is 6.97. The van der Waals surface area contributed by atoms with E-state index in [4.69, 9.17) is 16.6 Å². The number of nitrogens with zero attached hydrogens (tertiary/aromatic N) is 5. The Hall–Kier alpha value is -4.81. The zero-order chi connectivity index (χ0) is 38.9. The normalized spacial score (nSPS) is 20.2. The number of hydrogen-bond acceptors (Lipinski definition) is 8. The van der Waals surface area contributed by atoms with E-state index in [0.29, 0.717) is 41.4 Å². The van der Waals surface area contributed by atoms with Crippen LogP contribution in [0.4, 0.5) is 17.2 Å². The van der Waals surface area contributed by atoms with E-state index in [1.807, 2.05) is 61.0 Å². The number of aromatic nitrogens is 3. The van der Waals surface area contributed by atoms with E-state index in [1.54, 1.807) is 6.20 Å². The van der Waals surface area contributed by atoms with E-state index >= 15 is 0 Å². The molecule has 0 bridgehead atoms. The molecule has 12 heteroatoms. The highest BCUT2D eigenvalue weighted by atomic mass is 35.5. The van der Waals surface area contributed by atoms with E-state index < -0.39 is 5.97 Å². The zero-order valence-electron chi connectivity index (χ0n) is 32.1. The van der Waals surface area contributed by atoms with Crippen molar-refractivity contribution >= 4 is 51.4 Å². The molecule has 4 N–H and O–H groups in total. The molecule has 1 saturated carbocycles. The maximum absolute atomic E-state index is 13.8. The molecule has 0 spiro atoms. The summed E-state index contributed by atoms with van der Waals surface area (Å²) in [4.78, 5) is 39.3. The van der Waals surface area contributed by atoms with Crippen LogP contribution in [0.3, 0.4) is 0 Å². The fourth-order valence-electron chi connectivity index (χ4n) is 8.88. The van der Waals surface area contributed by atoms with Crippen molar-refractivity contribution in [1.82, 2.24) is 24.3 Å². The van der Waals surface area contributed by atoms with Gasteiger partial charge in [0.2, 0.25) is 0 Å². The summed E-state index contributed by atoms with van der Waals surface area (Å²) in [5, 5.41) is 28.5. The molecule has 0 unspecified atom stereocenters. The van der Waals surface area contributed by atoms with Crippen molar-refractivity contribution in [2.45, 2.75) is 71.1 Å². The van der Waals surface area contributed by atoms with Gasteiger partial charge in [-0.15, -0.1) is 0 Å². The standard InChI is InChI=1S/C44H50ClN7O4/c1-27-33(35-6-4-8-37(40(35)45)47-41-34-14-11-29(23-31(34)15-19-46-41)24-52-21-17-32(53)25-52)5-3-7-36(27)49-43(54)42-48-38-26-51(22-18-39(38)50(42)2)20-16-28-9-12-30(13-10-28)44(55)56/h3-8,11,14-15,19,23,28,30,32,53H,9-10,12-13,16-18,20-22,24-26H2,1-2H3,(H,46,47)(H,49,54)(H,55,56)/t28?,30?,32-/m1/s1. The van der Waals surface area contributed by atoms with E-state index in [1.165, 1.54) is 5.56 Å². The molecule has 2 fully saturated rings. The molecule has 1 saturated heterocycles. The summed E-state index contributed by atoms with van der Waals surface area (Å²) in [7, 11) is 1.92. The number of anilines is 3. The van der Waals surface area contributed by atoms with Crippen LogP contribution in [-0.4, -0.2) is 78.7 Å². The molecule has 1 atom stereocenters. The summed E-state index contributed by atoms with van der Waals surface area (Å²) in [5.74, 6) is 0.577. The van der Waals surface area contributed by atoms with E-state index in [9.17, 15) is 19.8 Å². The summed E-state index contributed by atoms with van der Waals surface area (Å²) >= 11 is 7.13. The smallest absolute Gasteiger partial charge is 0.306 e. The number of amides is 1. The van der Waals surface area contributed by atoms with E-state index in [2.05, 4.69) is 43.6 Å². The van der Waals surface area contributed by atoms with Gasteiger partial charge in [0.05, 0.1) is 28.4 Å². The first-order chi connectivity index (χ1) is 27.1. The van der Waals surface area contributed by atoms with Crippen molar-refractivity contribution in [3.05, 3.63) is 100 Å². The Labute approximate surface area is 332 Å². The fourth-order valence-corrected chi connectivity index (χ4v) is 9.16. The van der Waals surface area contributed by atoms with Gasteiger partial charge in [-0.2, -0.15) is 0 Å². The van der Waals surface area contributed by atoms with Crippen LogP contribution in [0.2, 0.25) is 5.02 Å². The number of pyridine rings is 1. The lowest BCUT2D eigenvalue weighted by Gasteiger charge is -2.30. The molecular formula is C44H50ClN7O4. The number of likely N-dealkylation sites (tertiary alicyclic amines) is 1. The number of benzene rings is 3. The number of aliphatic hydroxyl groups is 1. The molecule has 3 aromatic carbocycles. The second-order valence-electron chi connectivity index (χ2n) is 15.9. The fraction of sp³-hybridized carbons (Fsp3) is 0.409. The lowest BCUT2D eigenvalue weighted by Crippen LogP contribution is -2.33. The minimum Gasteiger partial charge on any atom is -0.481 e. The molecular weight excluding hydrogens is 726 g/mol. The Bertz CT molecular complexity index is 2270. The maximum Gasteiger partial charge on any atom is 0.306 e. The number of carbonyl (C=O) groups is 2. The lowest BCUT2D eigenvalue weighted by molar-refractivity contribution is -0.143. The molecule has 0 radical (unpaired) electrons. The first-order valence-corrected chi connectivity index (χ1v) is 20.2. The van der Waals surface area contributed by atoms with Crippen LogP contribution >= 0.6 is 11.6 Å². The molecule has 3 aliphatic rings. The van der Waals surface area contributed by atoms with Gasteiger partial charge in [0.1, 0.15) is 5.82 Å². The molecule has 292 valence electrons. The number of rotatable bonds is 11. The van der Waals surface area contributed by atoms with Gasteiger partial charge in [-0.05, 0) is 104 Å². The Balaban J connectivity index is 0.941. The topological polar surface area (TPSA) is 136 Å². The van der Waals surface area contributed by atoms with Crippen molar-refractivity contribution in [2.75, 3.05) is 36.8 Å². The second-order valence-corrected chi connectivity index (χ2v) is 16.3. The van der Waals surface area contributed by atoms with Crippen LogP contribution in [0, 0.1) is 18.8 Å². The third-order valence-corrected chi connectivity index (χ3v) is 12.6. The third-order valence-electron chi connectivity index (χ3n) is 12.2. The number of carbonyl (C=O) groups excluding carboxylic acids is 1. The summed E-state index contributed by atoms with van der Waals surface area (Å²) in [5.41, 5.74) is 7.30. The minimum atomic E-state index is -0.658. The third kappa shape index (κ3) is 8.04. The molecule has 4 heterocycles. The second kappa shape index (κ2) is 16.3. The monoisotopic (exact) mass is 775 g/mol. The van der Waals surface area contributed by atoms with E-state index in [0.717, 1.165) is 116 Å². The SMILES string of the molecule is Cc1c(NC(=O)c2nc3c(n2C)CCN(CCC2CCC(C(=O)O)CC2)C3)cccc1-c1cccc(Nc2nccc3cc(CN4CC[C@@H](O)C4)ccc23)c1Cl. The number of fused-ring (bicyclic) bond motifs is 2. The number of imidazole rings is 1. The number of hydrogen-bond donors (Lipinski definition) is 4. The molecule has 56 heavy (non-hydrogen) atoms. The summed E-state index contributed by atoms with van der Waals surface area (Å²) in [6.07, 6.45) is 7.79. The number of carboxylic acids is 1. The Morgan fingerprint density at radius 1 is 0.946 bits per heavy atom. The van der Waals surface area contributed by atoms with Crippen LogP contribution in [0.25, 0.3) is 21.9 Å². The molecule has 5 aromatic rings. The van der Waals surface area contributed by atoms with Gasteiger partial charge in [0, 0.05) is 74.7 Å². The average Bonchev–Trinajstić information content (AvgIpc) is 3.76. The largest absolute Gasteiger partial charge is 0.481 e. The molecule has 1 amide bonds. The molecule has 2 aromatic heterocycles. The predicted octanol–water partition coefficient (Wildman–Crippen LogP) is 7.80. The van der Waals surface area contributed by atoms with Gasteiger partial charge in [-0.3, -0.25) is 19.4 Å². The Morgan fingerprint density at radius 2 is 1.73 bits per heavy atom. The van der Waals surface area contributed by atoms with Gasteiger partial charge in [-0.1, -0.05) is 48.0 Å². The zero-order valence-corrected chi connectivity index (χ0v) is 32.9. The number of β-amino-alcohol motifs (C(OH)–C–C–N with tert-alkyl or cyclic N) is 1. The van der Waals surface area contributed by atoms with Crippen molar-refractivity contribution in [1.29, 1.82) is 0 Å².